The minimum Gasteiger partial charge on any atom is -0.207 e. The molecule has 1 heteroatoms. The Morgan fingerprint density at radius 3 is 2.06 bits per heavy atom. The van der Waals surface area contributed by atoms with Crippen LogP contribution in [0.15, 0.2) is 35.7 Å². The third-order valence-electron chi connectivity index (χ3n) is 10.1. The van der Waals surface area contributed by atoms with Crippen molar-refractivity contribution in [3.8, 4) is 0 Å². The predicted molar refractivity (Wildman–Crippen MR) is 141 cm³/mol. The van der Waals surface area contributed by atoms with Crippen LogP contribution in [0.25, 0.3) is 0 Å². The fourth-order valence-corrected chi connectivity index (χ4v) is 7.97. The molecular weight excluding hydrogens is 403 g/mol. The molecule has 1 unspecified atom stereocenters. The maximum absolute atomic E-state index is 15.3. The predicted octanol–water partition coefficient (Wildman–Crippen LogP) is 10.4. The van der Waals surface area contributed by atoms with Crippen LogP contribution in [0.5, 0.6) is 0 Å². The summed E-state index contributed by atoms with van der Waals surface area (Å²) in [5.74, 6) is 5.47. The Hall–Kier alpha value is -0.850. The zero-order valence-corrected chi connectivity index (χ0v) is 21.7. The highest BCUT2D eigenvalue weighted by Gasteiger charge is 2.34. The Bertz CT molecular complexity index is 661. The van der Waals surface area contributed by atoms with Crippen molar-refractivity contribution in [2.75, 3.05) is 0 Å². The number of allylic oxidation sites excluding steroid dienone is 6. The van der Waals surface area contributed by atoms with E-state index in [4.69, 9.17) is 0 Å². The number of rotatable bonds is 8. The Morgan fingerprint density at radius 2 is 1.45 bits per heavy atom. The number of hydrogen-bond acceptors (Lipinski definition) is 0. The summed E-state index contributed by atoms with van der Waals surface area (Å²) in [7, 11) is 0. The van der Waals surface area contributed by atoms with E-state index in [2.05, 4.69) is 38.2 Å². The maximum atomic E-state index is 15.3. The molecule has 0 saturated heterocycles. The van der Waals surface area contributed by atoms with Crippen molar-refractivity contribution >= 4 is 0 Å². The molecule has 0 nitrogen and oxygen atoms in total. The Kier molecular flexibility index (Phi) is 9.75. The van der Waals surface area contributed by atoms with E-state index >= 15 is 4.39 Å². The Labute approximate surface area is 204 Å². The second-order valence-corrected chi connectivity index (χ2v) is 12.2. The molecule has 3 fully saturated rings. The van der Waals surface area contributed by atoms with Crippen LogP contribution in [0.2, 0.25) is 0 Å². The van der Waals surface area contributed by atoms with Gasteiger partial charge in [-0.1, -0.05) is 63.7 Å². The van der Waals surface area contributed by atoms with Crippen molar-refractivity contribution in [1.82, 2.24) is 0 Å². The summed E-state index contributed by atoms with van der Waals surface area (Å²) in [4.78, 5) is 0. The Morgan fingerprint density at radius 1 is 0.818 bits per heavy atom. The summed E-state index contributed by atoms with van der Waals surface area (Å²) in [5.41, 5.74) is 1.09. The minimum absolute atomic E-state index is 0.159. The molecule has 0 aromatic rings. The summed E-state index contributed by atoms with van der Waals surface area (Å²) in [6.45, 7) is 4.45. The maximum Gasteiger partial charge on any atom is 0.122 e. The van der Waals surface area contributed by atoms with Gasteiger partial charge in [0, 0.05) is 0 Å². The summed E-state index contributed by atoms with van der Waals surface area (Å²) < 4.78 is 15.3. The third kappa shape index (κ3) is 6.85. The molecule has 0 aromatic carbocycles. The molecule has 4 rings (SSSR count). The van der Waals surface area contributed by atoms with Crippen LogP contribution < -0.4 is 0 Å². The lowest BCUT2D eigenvalue weighted by molar-refractivity contribution is 0.163. The zero-order valence-electron chi connectivity index (χ0n) is 21.7. The first-order chi connectivity index (χ1) is 16.2. The largest absolute Gasteiger partial charge is 0.207 e. The molecule has 0 bridgehead atoms. The van der Waals surface area contributed by atoms with Gasteiger partial charge in [0.15, 0.2) is 0 Å². The van der Waals surface area contributed by atoms with Gasteiger partial charge in [-0.05, 0) is 131 Å². The van der Waals surface area contributed by atoms with Crippen molar-refractivity contribution in [1.29, 1.82) is 0 Å². The van der Waals surface area contributed by atoms with Crippen LogP contribution >= 0.6 is 0 Å². The van der Waals surface area contributed by atoms with Gasteiger partial charge in [-0.3, -0.25) is 0 Å². The number of unbranched alkanes of at least 4 members (excludes halogenated alkanes) is 2. The van der Waals surface area contributed by atoms with Crippen LogP contribution in [-0.2, 0) is 0 Å². The highest BCUT2D eigenvalue weighted by atomic mass is 19.1. The van der Waals surface area contributed by atoms with Crippen molar-refractivity contribution < 1.29 is 4.39 Å². The second kappa shape index (κ2) is 12.7. The standard InChI is InChI=1S/C32H51F/c1-3-5-6-8-25-11-15-28(16-12-25)30-21-22-31(32(33)23-30)29-19-17-27(18-20-29)26-13-9-24(7-4-2)10-14-26/h4,7,22-30H,3,5-6,8-21H2,1-2H3/b7-4+. The van der Waals surface area contributed by atoms with E-state index in [9.17, 15) is 0 Å². The lowest BCUT2D eigenvalue weighted by Gasteiger charge is -2.39. The lowest BCUT2D eigenvalue weighted by Crippen LogP contribution is -2.27. The van der Waals surface area contributed by atoms with Crippen molar-refractivity contribution in [3.05, 3.63) is 35.7 Å². The molecule has 0 radical (unpaired) electrons. The number of hydrogen-bond donors (Lipinski definition) is 0. The summed E-state index contributed by atoms with van der Waals surface area (Å²) in [6.07, 6.45) is 31.9. The first-order valence-electron chi connectivity index (χ1n) is 14.9. The van der Waals surface area contributed by atoms with Gasteiger partial charge in [0.05, 0.1) is 0 Å². The SMILES string of the molecule is C/C=C/C1CCC(C2CCC(C3=CCC(C4CCC(CCCCC)CC4)C=C3F)CC2)CC1. The molecular formula is C32H51F. The monoisotopic (exact) mass is 454 g/mol. The van der Waals surface area contributed by atoms with E-state index in [-0.39, 0.29) is 5.83 Å². The average Bonchev–Trinajstić information content (AvgIpc) is 2.85. The topological polar surface area (TPSA) is 0 Å². The van der Waals surface area contributed by atoms with Gasteiger partial charge in [-0.25, -0.2) is 4.39 Å². The molecule has 0 heterocycles. The van der Waals surface area contributed by atoms with E-state index in [1.54, 1.807) is 0 Å². The van der Waals surface area contributed by atoms with Crippen molar-refractivity contribution in [3.63, 3.8) is 0 Å². The first-order valence-corrected chi connectivity index (χ1v) is 14.9. The first kappa shape index (κ1) is 25.2. The summed E-state index contributed by atoms with van der Waals surface area (Å²) in [6, 6.07) is 0. The van der Waals surface area contributed by atoms with E-state index in [0.717, 1.165) is 41.6 Å². The quantitative estimate of drug-likeness (QED) is 0.253. The fraction of sp³-hybridized carbons (Fsp3) is 0.812. The molecule has 0 aliphatic heterocycles. The van der Waals surface area contributed by atoms with Crippen LogP contribution in [0.3, 0.4) is 0 Å². The normalized spacial score (nSPS) is 38.2. The van der Waals surface area contributed by atoms with Gasteiger partial charge in [-0.15, -0.1) is 0 Å². The molecule has 4 aliphatic carbocycles. The third-order valence-corrected chi connectivity index (χ3v) is 10.1. The van der Waals surface area contributed by atoms with Crippen LogP contribution in [-0.4, -0.2) is 0 Å². The highest BCUT2D eigenvalue weighted by molar-refractivity contribution is 5.32. The zero-order chi connectivity index (χ0) is 23.0. The van der Waals surface area contributed by atoms with Gasteiger partial charge in [0.2, 0.25) is 0 Å². The van der Waals surface area contributed by atoms with E-state index in [1.165, 1.54) is 103 Å². The lowest BCUT2D eigenvalue weighted by atomic mass is 9.67. The number of halogens is 1. The molecule has 0 aromatic heterocycles. The fourth-order valence-electron chi connectivity index (χ4n) is 7.97. The van der Waals surface area contributed by atoms with E-state index in [0.29, 0.717) is 11.8 Å². The van der Waals surface area contributed by atoms with Gasteiger partial charge >= 0.3 is 0 Å². The molecule has 3 saturated carbocycles. The van der Waals surface area contributed by atoms with E-state index in [1.807, 2.05) is 0 Å². The molecule has 4 aliphatic rings. The Balaban J connectivity index is 1.20. The van der Waals surface area contributed by atoms with Crippen LogP contribution in [0.4, 0.5) is 4.39 Å². The minimum atomic E-state index is 0.159. The van der Waals surface area contributed by atoms with E-state index < -0.39 is 0 Å². The van der Waals surface area contributed by atoms with Crippen LogP contribution in [0, 0.1) is 41.4 Å². The molecule has 1 atom stereocenters. The van der Waals surface area contributed by atoms with Gasteiger partial charge in [0.1, 0.15) is 5.83 Å². The smallest absolute Gasteiger partial charge is 0.122 e. The second-order valence-electron chi connectivity index (χ2n) is 12.2. The molecule has 186 valence electrons. The summed E-state index contributed by atoms with van der Waals surface area (Å²) >= 11 is 0. The molecule has 33 heavy (non-hydrogen) atoms. The van der Waals surface area contributed by atoms with Crippen LogP contribution in [0.1, 0.15) is 123 Å². The van der Waals surface area contributed by atoms with Crippen molar-refractivity contribution in [2.45, 2.75) is 123 Å². The molecule has 0 spiro atoms. The van der Waals surface area contributed by atoms with Crippen molar-refractivity contribution in [2.24, 2.45) is 41.4 Å². The summed E-state index contributed by atoms with van der Waals surface area (Å²) in [5, 5.41) is 0. The molecule has 0 N–H and O–H groups in total. The van der Waals surface area contributed by atoms with Gasteiger partial charge in [-0.2, -0.15) is 0 Å². The van der Waals surface area contributed by atoms with Gasteiger partial charge < -0.3 is 0 Å². The van der Waals surface area contributed by atoms with Gasteiger partial charge in [0.25, 0.3) is 0 Å². The average molecular weight is 455 g/mol. The molecule has 0 amide bonds. The highest BCUT2D eigenvalue weighted by Crippen LogP contribution is 2.46.